The van der Waals surface area contributed by atoms with E-state index in [-0.39, 0.29) is 12.1 Å². The normalized spacial score (nSPS) is 23.4. The second-order valence-electron chi connectivity index (χ2n) is 4.51. The summed E-state index contributed by atoms with van der Waals surface area (Å²) in [4.78, 5) is 24.6. The van der Waals surface area contributed by atoms with Crippen LogP contribution in [0.1, 0.15) is 27.2 Å². The predicted octanol–water partition coefficient (Wildman–Crippen LogP) is 1.60. The number of hydrogen-bond acceptors (Lipinski definition) is 4. The van der Waals surface area contributed by atoms with Crippen LogP contribution in [0.3, 0.4) is 0 Å². The van der Waals surface area contributed by atoms with Crippen molar-refractivity contribution in [3.05, 3.63) is 0 Å². The molecule has 0 aliphatic carbocycles. The molecule has 1 N–H and O–H groups in total. The molecule has 0 aromatic rings. The third-order valence-electron chi connectivity index (χ3n) is 2.78. The second kappa shape index (κ2) is 7.08. The van der Waals surface area contributed by atoms with Crippen molar-refractivity contribution in [2.75, 3.05) is 26.3 Å². The molecule has 1 rings (SSSR count). The summed E-state index contributed by atoms with van der Waals surface area (Å²) in [5.41, 5.74) is 0. The maximum absolute atomic E-state index is 11.7. The number of amides is 2. The fourth-order valence-corrected chi connectivity index (χ4v) is 2.16. The van der Waals surface area contributed by atoms with E-state index in [9.17, 15) is 9.59 Å². The van der Waals surface area contributed by atoms with Crippen molar-refractivity contribution in [2.24, 2.45) is 5.92 Å². The molecule has 0 aromatic carbocycles. The first-order chi connectivity index (χ1) is 8.56. The molecule has 0 saturated carbocycles. The Morgan fingerprint density at radius 2 is 1.89 bits per heavy atom. The maximum atomic E-state index is 11.7. The third-order valence-corrected chi connectivity index (χ3v) is 2.78. The van der Waals surface area contributed by atoms with E-state index in [1.165, 1.54) is 0 Å². The molecule has 1 heterocycles. The minimum absolute atomic E-state index is 0.0720. The van der Waals surface area contributed by atoms with Crippen LogP contribution in [0.4, 0.5) is 9.59 Å². The minimum Gasteiger partial charge on any atom is -0.450 e. The van der Waals surface area contributed by atoms with Crippen LogP contribution in [-0.4, -0.2) is 49.4 Å². The molecule has 0 bridgehead atoms. The van der Waals surface area contributed by atoms with Crippen LogP contribution in [-0.2, 0) is 9.47 Å². The molecule has 1 aliphatic heterocycles. The summed E-state index contributed by atoms with van der Waals surface area (Å²) >= 11 is 0. The van der Waals surface area contributed by atoms with Crippen molar-refractivity contribution in [3.63, 3.8) is 0 Å². The van der Waals surface area contributed by atoms with Crippen LogP contribution < -0.4 is 5.32 Å². The lowest BCUT2D eigenvalue weighted by Crippen LogP contribution is -2.52. The number of alkyl carbamates (subject to hydrolysis) is 1. The number of piperidine rings is 1. The highest BCUT2D eigenvalue weighted by Gasteiger charge is 2.29. The Balaban J connectivity index is 2.50. The van der Waals surface area contributed by atoms with Crippen LogP contribution in [0, 0.1) is 5.92 Å². The Bertz CT molecular complexity index is 296. The molecule has 6 heteroatoms. The van der Waals surface area contributed by atoms with Crippen molar-refractivity contribution < 1.29 is 19.1 Å². The zero-order chi connectivity index (χ0) is 13.5. The zero-order valence-electron chi connectivity index (χ0n) is 11.3. The van der Waals surface area contributed by atoms with Gasteiger partial charge >= 0.3 is 12.2 Å². The first kappa shape index (κ1) is 14.6. The van der Waals surface area contributed by atoms with Crippen LogP contribution in [0.2, 0.25) is 0 Å². The Kier molecular flexibility index (Phi) is 5.74. The van der Waals surface area contributed by atoms with E-state index in [0.29, 0.717) is 32.2 Å². The Hall–Kier alpha value is -1.46. The van der Waals surface area contributed by atoms with E-state index < -0.39 is 6.09 Å². The highest BCUT2D eigenvalue weighted by atomic mass is 16.6. The van der Waals surface area contributed by atoms with Gasteiger partial charge in [-0.1, -0.05) is 6.92 Å². The van der Waals surface area contributed by atoms with Gasteiger partial charge in [-0.05, 0) is 26.2 Å². The number of ether oxygens (including phenoxy) is 2. The van der Waals surface area contributed by atoms with E-state index in [4.69, 9.17) is 9.47 Å². The molecule has 0 radical (unpaired) electrons. The van der Waals surface area contributed by atoms with Crippen molar-refractivity contribution in [3.8, 4) is 0 Å². The van der Waals surface area contributed by atoms with Gasteiger partial charge in [-0.2, -0.15) is 0 Å². The molecule has 1 saturated heterocycles. The molecular weight excluding hydrogens is 236 g/mol. The molecule has 6 nitrogen and oxygen atoms in total. The summed E-state index contributed by atoms with van der Waals surface area (Å²) in [7, 11) is 0. The first-order valence-corrected chi connectivity index (χ1v) is 6.41. The molecule has 18 heavy (non-hydrogen) atoms. The van der Waals surface area contributed by atoms with Crippen molar-refractivity contribution in [2.45, 2.75) is 33.2 Å². The fraction of sp³-hybridized carbons (Fsp3) is 0.833. The van der Waals surface area contributed by atoms with Crippen molar-refractivity contribution in [1.29, 1.82) is 0 Å². The van der Waals surface area contributed by atoms with Gasteiger partial charge in [0, 0.05) is 13.1 Å². The third kappa shape index (κ3) is 4.43. The molecule has 1 aliphatic rings. The molecular formula is C12H22N2O4. The van der Waals surface area contributed by atoms with Gasteiger partial charge < -0.3 is 19.7 Å². The molecule has 104 valence electrons. The lowest BCUT2D eigenvalue weighted by molar-refractivity contribution is 0.0785. The van der Waals surface area contributed by atoms with Crippen LogP contribution in [0.15, 0.2) is 0 Å². The van der Waals surface area contributed by atoms with Crippen molar-refractivity contribution >= 4 is 12.2 Å². The summed E-state index contributed by atoms with van der Waals surface area (Å²) in [5, 5.41) is 2.77. The largest absolute Gasteiger partial charge is 0.450 e. The van der Waals surface area contributed by atoms with Gasteiger partial charge in [0.1, 0.15) is 0 Å². The van der Waals surface area contributed by atoms with Gasteiger partial charge in [-0.25, -0.2) is 9.59 Å². The number of nitrogens with zero attached hydrogens (tertiary/aromatic N) is 1. The van der Waals surface area contributed by atoms with E-state index in [2.05, 4.69) is 5.32 Å². The van der Waals surface area contributed by atoms with Gasteiger partial charge in [0.25, 0.3) is 0 Å². The van der Waals surface area contributed by atoms with Crippen LogP contribution in [0.5, 0.6) is 0 Å². The monoisotopic (exact) mass is 258 g/mol. The van der Waals surface area contributed by atoms with E-state index in [0.717, 1.165) is 6.42 Å². The summed E-state index contributed by atoms with van der Waals surface area (Å²) in [6.45, 7) is 7.43. The fourth-order valence-electron chi connectivity index (χ4n) is 2.16. The number of rotatable bonds is 3. The molecule has 2 unspecified atom stereocenters. The SMILES string of the molecule is CCOC(=O)NC1CC(C)CN(C(=O)OCC)C1. The van der Waals surface area contributed by atoms with Gasteiger partial charge in [-0.3, -0.25) is 0 Å². The topological polar surface area (TPSA) is 67.9 Å². The molecule has 0 spiro atoms. The smallest absolute Gasteiger partial charge is 0.409 e. The maximum Gasteiger partial charge on any atom is 0.409 e. The van der Waals surface area contributed by atoms with Crippen molar-refractivity contribution in [1.82, 2.24) is 10.2 Å². The Labute approximate surface area is 108 Å². The van der Waals surface area contributed by atoms with Crippen LogP contribution >= 0.6 is 0 Å². The highest BCUT2D eigenvalue weighted by molar-refractivity contribution is 5.69. The Morgan fingerprint density at radius 1 is 1.22 bits per heavy atom. The number of likely N-dealkylation sites (tertiary alicyclic amines) is 1. The van der Waals surface area contributed by atoms with Crippen LogP contribution in [0.25, 0.3) is 0 Å². The van der Waals surface area contributed by atoms with Gasteiger partial charge in [0.2, 0.25) is 0 Å². The lowest BCUT2D eigenvalue weighted by Gasteiger charge is -2.35. The standard InChI is InChI=1S/C12H22N2O4/c1-4-17-11(15)13-10-6-9(3)7-14(8-10)12(16)18-5-2/h9-10H,4-8H2,1-3H3,(H,13,15). The highest BCUT2D eigenvalue weighted by Crippen LogP contribution is 2.17. The molecule has 1 fully saturated rings. The van der Waals surface area contributed by atoms with E-state index in [1.807, 2.05) is 6.92 Å². The van der Waals surface area contributed by atoms with E-state index in [1.54, 1.807) is 18.7 Å². The van der Waals surface area contributed by atoms with Gasteiger partial charge in [-0.15, -0.1) is 0 Å². The molecule has 2 atom stereocenters. The number of carbonyl (C=O) groups excluding carboxylic acids is 2. The summed E-state index contributed by atoms with van der Waals surface area (Å²) < 4.78 is 9.81. The Morgan fingerprint density at radius 3 is 2.50 bits per heavy atom. The van der Waals surface area contributed by atoms with E-state index >= 15 is 0 Å². The van der Waals surface area contributed by atoms with Gasteiger partial charge in [0.15, 0.2) is 0 Å². The van der Waals surface area contributed by atoms with Gasteiger partial charge in [0.05, 0.1) is 19.3 Å². The lowest BCUT2D eigenvalue weighted by atomic mass is 9.96. The first-order valence-electron chi connectivity index (χ1n) is 6.41. The number of carbonyl (C=O) groups is 2. The zero-order valence-corrected chi connectivity index (χ0v) is 11.3. The number of nitrogens with one attached hydrogen (secondary N) is 1. The average Bonchev–Trinajstić information content (AvgIpc) is 2.28. The second-order valence-corrected chi connectivity index (χ2v) is 4.51. The minimum atomic E-state index is -0.430. The summed E-state index contributed by atoms with van der Waals surface area (Å²) in [6.07, 6.45) is 0.0921. The molecule has 2 amide bonds. The molecule has 0 aromatic heterocycles. The predicted molar refractivity (Wildman–Crippen MR) is 66.3 cm³/mol. The summed E-state index contributed by atoms with van der Waals surface area (Å²) in [5.74, 6) is 0.329. The summed E-state index contributed by atoms with van der Waals surface area (Å²) in [6, 6.07) is -0.0720. The average molecular weight is 258 g/mol. The quantitative estimate of drug-likeness (QED) is 0.835. The number of hydrogen-bond donors (Lipinski definition) is 1.